The fourth-order valence-corrected chi connectivity index (χ4v) is 7.99. The predicted molar refractivity (Wildman–Crippen MR) is 262 cm³/mol. The molecule has 0 amide bonds. The van der Waals surface area contributed by atoms with Crippen LogP contribution in [0.25, 0.3) is 0 Å². The second kappa shape index (κ2) is 68.3. The zero-order valence-corrected chi connectivity index (χ0v) is 55.9. The Balaban J connectivity index is -0.000000128. The van der Waals surface area contributed by atoms with Gasteiger partial charge in [-0.05, 0) is 19.3 Å². The Hall–Kier alpha value is 3.20. The van der Waals surface area contributed by atoms with Gasteiger partial charge in [-0.2, -0.15) is 0 Å². The van der Waals surface area contributed by atoms with Crippen LogP contribution in [0, 0.1) is 0 Å². The Morgan fingerprint density at radius 2 is 0.400 bits per heavy atom. The number of unbranched alkanes of at least 4 members (excludes halogenated alkanes) is 37. The predicted octanol–water partition coefficient (Wildman–Crippen LogP) is 0.180. The van der Waals surface area contributed by atoms with E-state index in [4.69, 9.17) is 19.2 Å². The molecule has 0 unspecified atom stereocenters. The molecule has 0 atom stereocenters. The third kappa shape index (κ3) is 115. The zero-order valence-electron chi connectivity index (χ0n) is 45.3. The van der Waals surface area contributed by atoms with Gasteiger partial charge in [0.15, 0.2) is 0 Å². The van der Waals surface area contributed by atoms with Gasteiger partial charge in [0.25, 0.3) is 0 Å². The summed E-state index contributed by atoms with van der Waals surface area (Å²) in [5, 5.41) is 0. The maximum absolute atomic E-state index is 10.2. The Labute approximate surface area is 508 Å². The molecule has 0 radical (unpaired) electrons. The monoisotopic (exact) mass is 1120 g/mol. The van der Waals surface area contributed by atoms with Crippen molar-refractivity contribution in [1.82, 2.24) is 0 Å². The minimum atomic E-state index is -5.36. The van der Waals surface area contributed by atoms with Crippen LogP contribution in [0.3, 0.4) is 0 Å². The number of hydrogen-bond acceptors (Lipinski definition) is 16. The van der Waals surface area contributed by atoms with E-state index in [1.165, 1.54) is 199 Å². The van der Waals surface area contributed by atoms with Crippen LogP contribution in [0.4, 0.5) is 0 Å². The van der Waals surface area contributed by atoms with Gasteiger partial charge in [-0.1, -0.05) is 258 Å². The maximum atomic E-state index is 10.2. The van der Waals surface area contributed by atoms with Crippen molar-refractivity contribution in [2.75, 3.05) is 19.8 Å². The summed E-state index contributed by atoms with van der Waals surface area (Å²) in [6, 6.07) is 0. The van der Waals surface area contributed by atoms with Gasteiger partial charge >= 0.3 is 106 Å². The first kappa shape index (κ1) is 89.8. The molecule has 404 valence electrons. The molecule has 16 nitrogen and oxygen atoms in total. The summed E-state index contributed by atoms with van der Waals surface area (Å²) < 4.78 is 104. The zero-order chi connectivity index (χ0) is 50.5. The topological polar surface area (TPSA) is 289 Å². The Morgan fingerprint density at radius 3 is 0.500 bits per heavy atom. The molecule has 0 fully saturated rings. The summed E-state index contributed by atoms with van der Waals surface area (Å²) in [5.41, 5.74) is 0. The first-order chi connectivity index (χ1) is 31.2. The van der Waals surface area contributed by atoms with Crippen molar-refractivity contribution in [3.8, 4) is 0 Å². The SMILES string of the molecule is CCCCCCCCCCCCCCCCCCOS(=O)(=O)[O-].CCCCCCCCCCCCCCCCOS(=O)(=O)[O-].CCCCCCCCCCCCOS(=O)(=O)[O-].[Al+3].[Na+].[Na+].[Na+].[O-][Si]([O-])([O-])O. The van der Waals surface area contributed by atoms with Crippen molar-refractivity contribution in [2.24, 2.45) is 0 Å². The molecular weight excluding hydrogens is 1030 g/mol. The largest absolute Gasteiger partial charge is 3.00 e. The molecule has 0 saturated carbocycles. The van der Waals surface area contributed by atoms with E-state index in [0.717, 1.165) is 38.5 Å². The van der Waals surface area contributed by atoms with Gasteiger partial charge in [0.2, 0.25) is 31.2 Å². The molecule has 0 bridgehead atoms. The number of hydrogen-bond donors (Lipinski definition) is 1. The summed E-state index contributed by atoms with van der Waals surface area (Å²) >= 11 is 0. The first-order valence-corrected chi connectivity index (χ1v) is 31.5. The summed E-state index contributed by atoms with van der Waals surface area (Å²) in [6.07, 6.45) is 49.4. The minimum Gasteiger partial charge on any atom is -0.861 e. The van der Waals surface area contributed by atoms with Crippen LogP contribution >= 0.6 is 0 Å². The second-order valence-corrected chi connectivity index (χ2v) is 21.5. The van der Waals surface area contributed by atoms with E-state index in [0.29, 0.717) is 19.3 Å². The first-order valence-electron chi connectivity index (χ1n) is 25.8. The van der Waals surface area contributed by atoms with Gasteiger partial charge in [0.1, 0.15) is 0 Å². The van der Waals surface area contributed by atoms with E-state index in [2.05, 4.69) is 33.3 Å². The van der Waals surface area contributed by atoms with Crippen molar-refractivity contribution in [1.29, 1.82) is 0 Å². The van der Waals surface area contributed by atoms with Crippen molar-refractivity contribution in [3.05, 3.63) is 0 Å². The third-order valence-corrected chi connectivity index (χ3v) is 12.0. The third-order valence-electron chi connectivity index (χ3n) is 10.7. The normalized spacial score (nSPS) is 11.2. The minimum absolute atomic E-state index is 0. The van der Waals surface area contributed by atoms with Crippen molar-refractivity contribution in [3.63, 3.8) is 0 Å². The van der Waals surface area contributed by atoms with Crippen LogP contribution in [0.1, 0.15) is 278 Å². The van der Waals surface area contributed by atoms with Crippen LogP contribution in [0.15, 0.2) is 0 Å². The smallest absolute Gasteiger partial charge is 0.861 e. The van der Waals surface area contributed by atoms with Gasteiger partial charge in [-0.3, -0.25) is 12.5 Å². The van der Waals surface area contributed by atoms with Gasteiger partial charge in [0, 0.05) is 0 Å². The van der Waals surface area contributed by atoms with Crippen LogP contribution < -0.4 is 103 Å². The van der Waals surface area contributed by atoms with E-state index in [-0.39, 0.29) is 126 Å². The molecule has 0 aromatic rings. The van der Waals surface area contributed by atoms with Crippen molar-refractivity contribution < 1.29 is 159 Å². The summed E-state index contributed by atoms with van der Waals surface area (Å²) in [6.45, 7) is 6.81. The van der Waals surface area contributed by atoms with E-state index < -0.39 is 40.2 Å². The molecule has 0 aliphatic heterocycles. The second-order valence-electron chi connectivity index (χ2n) is 17.3. The average molecular weight is 1130 g/mol. The molecule has 70 heavy (non-hydrogen) atoms. The molecule has 0 heterocycles. The van der Waals surface area contributed by atoms with Gasteiger partial charge in [-0.15, -0.1) is 9.05 Å². The van der Waals surface area contributed by atoms with Gasteiger partial charge in [0.05, 0.1) is 19.8 Å². The number of rotatable bonds is 46. The molecule has 0 aromatic carbocycles. The fourth-order valence-electron chi connectivity index (χ4n) is 7.02. The molecule has 0 aliphatic rings. The maximum Gasteiger partial charge on any atom is 3.00 e. The average Bonchev–Trinajstić information content (AvgIpc) is 3.21. The summed E-state index contributed by atoms with van der Waals surface area (Å²) in [4.78, 5) is 33.1. The summed E-state index contributed by atoms with van der Waals surface area (Å²) in [7, 11) is -18.8. The van der Waals surface area contributed by atoms with Crippen molar-refractivity contribution >= 4 is 57.6 Å². The molecule has 0 rings (SSSR count). The molecule has 0 spiro atoms. The Kier molecular flexibility index (Phi) is 87.6. The van der Waals surface area contributed by atoms with E-state index in [1.807, 2.05) is 0 Å². The van der Waals surface area contributed by atoms with Gasteiger partial charge in [-0.25, -0.2) is 25.3 Å². The molecule has 1 N–H and O–H groups in total. The molecular formula is C46H96AlNa3O16S3Si. The van der Waals surface area contributed by atoms with Crippen LogP contribution in [0.2, 0.25) is 0 Å². The molecule has 0 aromatic heterocycles. The molecule has 24 heteroatoms. The van der Waals surface area contributed by atoms with Crippen LogP contribution in [-0.2, 0) is 43.7 Å². The van der Waals surface area contributed by atoms with Crippen LogP contribution in [0.5, 0.6) is 0 Å². The van der Waals surface area contributed by atoms with Crippen molar-refractivity contribution in [2.45, 2.75) is 278 Å². The van der Waals surface area contributed by atoms with E-state index in [9.17, 15) is 38.9 Å². The molecule has 0 aliphatic carbocycles. The van der Waals surface area contributed by atoms with Crippen LogP contribution in [-0.4, -0.2) is 89.9 Å². The standard InChI is InChI=1S/C18H38O4S.C16H34O4S.C12H26O4S.Al.3Na.HO4Si/c1-2-3-4-5-6-7-8-9-10-11-12-13-14-15-16-17-18-22-23(19,20)21;1-2-3-4-5-6-7-8-9-10-11-12-13-14-15-16-20-21(17,18)19;1-2-3-4-5-6-7-8-9-10-11-12-16-17(13,14)15;;;;;1-5(2,3)4/h2-18H2,1H3,(H,19,20,21);2-16H2,1H3,(H,17,18,19);2-12H2,1H3,(H,13,14,15);;;;;1H/q;;;+3;3*+1;-3/p-3. The fraction of sp³-hybridized carbons (Fsp3) is 1.00. The quantitative estimate of drug-likeness (QED) is 0.0368. The summed E-state index contributed by atoms with van der Waals surface area (Å²) in [5.74, 6) is 0. The Bertz CT molecular complexity index is 1290. The van der Waals surface area contributed by atoms with E-state index in [1.54, 1.807) is 0 Å². The van der Waals surface area contributed by atoms with E-state index >= 15 is 0 Å². The van der Waals surface area contributed by atoms with Gasteiger partial charge < -0.3 is 32.8 Å². The Morgan fingerprint density at radius 1 is 0.300 bits per heavy atom. The molecule has 0 saturated heterocycles.